The molecule has 0 atom stereocenters. The lowest BCUT2D eigenvalue weighted by Crippen LogP contribution is -2.35. The second-order valence-corrected chi connectivity index (χ2v) is 5.73. The average Bonchev–Trinajstić information content (AvgIpc) is 2.60. The predicted molar refractivity (Wildman–Crippen MR) is 90.2 cm³/mol. The number of benzene rings is 2. The molecule has 0 radical (unpaired) electrons. The summed E-state index contributed by atoms with van der Waals surface area (Å²) in [6.45, 7) is 3.16. The number of fused-ring (bicyclic) bond motifs is 1. The van der Waals surface area contributed by atoms with Gasteiger partial charge in [0.05, 0.1) is 0 Å². The summed E-state index contributed by atoms with van der Waals surface area (Å²) in [6.07, 6.45) is 1.30. The number of hydrogen-bond donors (Lipinski definition) is 1. The molecule has 0 saturated carbocycles. The highest BCUT2D eigenvalue weighted by Gasteiger charge is 2.21. The Bertz CT molecular complexity index is 740. The van der Waals surface area contributed by atoms with E-state index in [9.17, 15) is 9.59 Å². The van der Waals surface area contributed by atoms with E-state index in [1.807, 2.05) is 17.0 Å². The maximum atomic E-state index is 12.7. The van der Waals surface area contributed by atoms with Crippen molar-refractivity contribution in [2.75, 3.05) is 11.9 Å². The molecular weight excluding hydrogens is 288 g/mol. The Morgan fingerprint density at radius 2 is 1.87 bits per heavy atom. The monoisotopic (exact) mass is 308 g/mol. The van der Waals surface area contributed by atoms with Crippen LogP contribution in [-0.4, -0.2) is 23.3 Å². The minimum Gasteiger partial charge on any atom is -0.334 e. The van der Waals surface area contributed by atoms with E-state index in [1.54, 1.807) is 31.2 Å². The molecule has 4 heteroatoms. The van der Waals surface area contributed by atoms with Crippen LogP contribution in [0.1, 0.15) is 34.8 Å². The van der Waals surface area contributed by atoms with Gasteiger partial charge in [0.1, 0.15) is 0 Å². The molecule has 0 fully saturated rings. The number of anilines is 1. The highest BCUT2D eigenvalue weighted by atomic mass is 16.2. The van der Waals surface area contributed by atoms with Crippen molar-refractivity contribution in [1.82, 2.24) is 4.90 Å². The molecule has 0 aliphatic carbocycles. The maximum Gasteiger partial charge on any atom is 0.254 e. The molecule has 0 unspecified atom stereocenters. The van der Waals surface area contributed by atoms with E-state index >= 15 is 0 Å². The third-order valence-electron chi connectivity index (χ3n) is 4.13. The Morgan fingerprint density at radius 1 is 1.09 bits per heavy atom. The van der Waals surface area contributed by atoms with E-state index in [-0.39, 0.29) is 11.8 Å². The summed E-state index contributed by atoms with van der Waals surface area (Å²) in [4.78, 5) is 26.1. The van der Waals surface area contributed by atoms with Crippen LogP contribution in [0.25, 0.3) is 0 Å². The zero-order chi connectivity index (χ0) is 16.2. The van der Waals surface area contributed by atoms with Gasteiger partial charge in [-0.25, -0.2) is 0 Å². The van der Waals surface area contributed by atoms with Gasteiger partial charge >= 0.3 is 0 Å². The SMILES string of the molecule is CCC(=O)Nc1cccc(C(=O)N2CCc3ccccc3C2)c1. The molecule has 2 aromatic carbocycles. The van der Waals surface area contributed by atoms with Crippen LogP contribution in [0, 0.1) is 0 Å². The maximum absolute atomic E-state index is 12.7. The molecule has 2 amide bonds. The summed E-state index contributed by atoms with van der Waals surface area (Å²) in [5, 5.41) is 2.80. The largest absolute Gasteiger partial charge is 0.334 e. The first kappa shape index (κ1) is 15.3. The van der Waals surface area contributed by atoms with Gasteiger partial charge in [0.25, 0.3) is 5.91 Å². The van der Waals surface area contributed by atoms with Crippen LogP contribution in [0.3, 0.4) is 0 Å². The minimum absolute atomic E-state index is 0.00657. The molecule has 4 nitrogen and oxygen atoms in total. The summed E-state index contributed by atoms with van der Waals surface area (Å²) in [6, 6.07) is 15.4. The van der Waals surface area contributed by atoms with Gasteiger partial charge in [-0.05, 0) is 35.7 Å². The van der Waals surface area contributed by atoms with Gasteiger partial charge < -0.3 is 10.2 Å². The molecular formula is C19H20N2O2. The lowest BCUT2D eigenvalue weighted by molar-refractivity contribution is -0.115. The van der Waals surface area contributed by atoms with Gasteiger partial charge in [-0.3, -0.25) is 9.59 Å². The lowest BCUT2D eigenvalue weighted by atomic mass is 9.99. The number of hydrogen-bond acceptors (Lipinski definition) is 2. The van der Waals surface area contributed by atoms with Crippen LogP contribution in [0.5, 0.6) is 0 Å². The molecule has 118 valence electrons. The van der Waals surface area contributed by atoms with Crippen molar-refractivity contribution in [2.24, 2.45) is 0 Å². The molecule has 1 heterocycles. The molecule has 3 rings (SSSR count). The zero-order valence-electron chi connectivity index (χ0n) is 13.2. The quantitative estimate of drug-likeness (QED) is 0.946. The standard InChI is InChI=1S/C19H20N2O2/c1-2-18(22)20-17-9-5-8-15(12-17)19(23)21-11-10-14-6-3-4-7-16(14)13-21/h3-9,12H,2,10-11,13H2,1H3,(H,20,22). The van der Waals surface area contributed by atoms with Crippen LogP contribution in [0.4, 0.5) is 5.69 Å². The Balaban J connectivity index is 1.76. The van der Waals surface area contributed by atoms with Crippen LogP contribution < -0.4 is 5.32 Å². The Labute approximate surface area is 136 Å². The van der Waals surface area contributed by atoms with Crippen molar-refractivity contribution in [2.45, 2.75) is 26.3 Å². The first-order valence-electron chi connectivity index (χ1n) is 7.93. The van der Waals surface area contributed by atoms with Crippen molar-refractivity contribution in [3.8, 4) is 0 Å². The van der Waals surface area contributed by atoms with Crippen molar-refractivity contribution in [3.63, 3.8) is 0 Å². The van der Waals surface area contributed by atoms with Crippen LogP contribution in [-0.2, 0) is 17.8 Å². The zero-order valence-corrected chi connectivity index (χ0v) is 13.2. The molecule has 1 aliphatic heterocycles. The summed E-state index contributed by atoms with van der Waals surface area (Å²) in [7, 11) is 0. The Hall–Kier alpha value is -2.62. The van der Waals surface area contributed by atoms with Crippen molar-refractivity contribution < 1.29 is 9.59 Å². The van der Waals surface area contributed by atoms with E-state index in [4.69, 9.17) is 0 Å². The number of rotatable bonds is 3. The van der Waals surface area contributed by atoms with Gasteiger partial charge in [-0.2, -0.15) is 0 Å². The fourth-order valence-electron chi connectivity index (χ4n) is 2.83. The molecule has 0 spiro atoms. The van der Waals surface area contributed by atoms with Gasteiger partial charge in [0.15, 0.2) is 0 Å². The number of nitrogens with one attached hydrogen (secondary N) is 1. The van der Waals surface area contributed by atoms with Crippen LogP contribution >= 0.6 is 0 Å². The number of nitrogens with zero attached hydrogens (tertiary/aromatic N) is 1. The van der Waals surface area contributed by atoms with Crippen LogP contribution in [0.2, 0.25) is 0 Å². The van der Waals surface area contributed by atoms with Crippen LogP contribution in [0.15, 0.2) is 48.5 Å². The first-order chi connectivity index (χ1) is 11.2. The second-order valence-electron chi connectivity index (χ2n) is 5.73. The van der Waals surface area contributed by atoms with E-state index in [0.29, 0.717) is 24.2 Å². The van der Waals surface area contributed by atoms with Gasteiger partial charge in [-0.1, -0.05) is 37.3 Å². The third kappa shape index (κ3) is 3.42. The molecule has 2 aromatic rings. The smallest absolute Gasteiger partial charge is 0.254 e. The average molecular weight is 308 g/mol. The number of carbonyl (C=O) groups is 2. The van der Waals surface area contributed by atoms with Gasteiger partial charge in [0.2, 0.25) is 5.91 Å². The normalized spacial score (nSPS) is 13.3. The van der Waals surface area contributed by atoms with Crippen molar-refractivity contribution >= 4 is 17.5 Å². The van der Waals surface area contributed by atoms with Gasteiger partial charge in [-0.15, -0.1) is 0 Å². The van der Waals surface area contributed by atoms with Crippen molar-refractivity contribution in [1.29, 1.82) is 0 Å². The number of carbonyl (C=O) groups excluding carboxylic acids is 2. The Kier molecular flexibility index (Phi) is 4.42. The van der Waals surface area contributed by atoms with Gasteiger partial charge in [0, 0.05) is 30.8 Å². The lowest BCUT2D eigenvalue weighted by Gasteiger charge is -2.29. The summed E-state index contributed by atoms with van der Waals surface area (Å²) >= 11 is 0. The van der Waals surface area contributed by atoms with E-state index in [0.717, 1.165) is 13.0 Å². The first-order valence-corrected chi connectivity index (χ1v) is 7.93. The van der Waals surface area contributed by atoms with E-state index < -0.39 is 0 Å². The summed E-state index contributed by atoms with van der Waals surface area (Å²) in [5.41, 5.74) is 3.81. The highest BCUT2D eigenvalue weighted by Crippen LogP contribution is 2.21. The number of amides is 2. The molecule has 1 aliphatic rings. The molecule has 0 bridgehead atoms. The fraction of sp³-hybridized carbons (Fsp3) is 0.263. The second kappa shape index (κ2) is 6.65. The summed E-state index contributed by atoms with van der Waals surface area (Å²) in [5.74, 6) is -0.0476. The molecule has 23 heavy (non-hydrogen) atoms. The minimum atomic E-state index is -0.0542. The summed E-state index contributed by atoms with van der Waals surface area (Å²) < 4.78 is 0. The Morgan fingerprint density at radius 3 is 2.65 bits per heavy atom. The predicted octanol–water partition coefficient (Wildman–Crippen LogP) is 3.23. The molecule has 0 saturated heterocycles. The highest BCUT2D eigenvalue weighted by molar-refractivity contribution is 5.97. The molecule has 1 N–H and O–H groups in total. The molecule has 0 aromatic heterocycles. The van der Waals surface area contributed by atoms with E-state index in [2.05, 4.69) is 17.4 Å². The topological polar surface area (TPSA) is 49.4 Å². The van der Waals surface area contributed by atoms with E-state index in [1.165, 1.54) is 11.1 Å². The van der Waals surface area contributed by atoms with Crippen molar-refractivity contribution in [3.05, 3.63) is 65.2 Å². The fourth-order valence-corrected chi connectivity index (χ4v) is 2.83. The third-order valence-corrected chi connectivity index (χ3v) is 4.13.